The highest BCUT2D eigenvalue weighted by Gasteiger charge is 2.53. The first kappa shape index (κ1) is 22.2. The second-order valence-electron chi connectivity index (χ2n) is 7.90. The normalized spacial score (nSPS) is 32.3. The van der Waals surface area contributed by atoms with Gasteiger partial charge in [0.25, 0.3) is 0 Å². The van der Waals surface area contributed by atoms with Gasteiger partial charge in [-0.25, -0.2) is 4.39 Å². The Balaban J connectivity index is 1.82. The summed E-state index contributed by atoms with van der Waals surface area (Å²) in [5.41, 5.74) is 0. The third-order valence-corrected chi connectivity index (χ3v) is 5.92. The maximum absolute atomic E-state index is 14.9. The number of aliphatic hydroxyl groups is 2. The van der Waals surface area contributed by atoms with Crippen LogP contribution in [0.1, 0.15) is 71.1 Å². The first-order valence-electron chi connectivity index (χ1n) is 10.4. The van der Waals surface area contributed by atoms with Gasteiger partial charge in [-0.3, -0.25) is 4.79 Å². The first-order chi connectivity index (χ1) is 13.0. The average molecular weight is 387 g/mol. The van der Waals surface area contributed by atoms with Gasteiger partial charge in [0, 0.05) is 18.8 Å². The van der Waals surface area contributed by atoms with Crippen LogP contribution in [0.5, 0.6) is 0 Å². The summed E-state index contributed by atoms with van der Waals surface area (Å²) in [6.45, 7) is 2.13. The second kappa shape index (κ2) is 11.0. The SMILES string of the molecule is CCCCC[C@H](O)CC[C@@H]1[C@@H]2[C@H](C[C@H]1O)O/C(=C\CCCC(=O)OC)[C@@H]2F. The van der Waals surface area contributed by atoms with Crippen molar-refractivity contribution in [3.63, 3.8) is 0 Å². The number of aliphatic hydroxyl groups excluding tert-OH is 2. The lowest BCUT2D eigenvalue weighted by atomic mass is 9.85. The number of carbonyl (C=O) groups excluding carboxylic acids is 1. The van der Waals surface area contributed by atoms with Crippen LogP contribution < -0.4 is 0 Å². The van der Waals surface area contributed by atoms with Crippen LogP contribution in [-0.2, 0) is 14.3 Å². The van der Waals surface area contributed by atoms with Gasteiger partial charge in [-0.2, -0.15) is 0 Å². The number of hydrogen-bond donors (Lipinski definition) is 2. The third kappa shape index (κ3) is 6.18. The summed E-state index contributed by atoms with van der Waals surface area (Å²) in [5.74, 6) is -0.438. The summed E-state index contributed by atoms with van der Waals surface area (Å²) < 4.78 is 25.3. The van der Waals surface area contributed by atoms with Crippen molar-refractivity contribution < 1.29 is 28.9 Å². The Bertz CT molecular complexity index is 495. The number of halogens is 1. The number of esters is 1. The molecule has 0 aromatic rings. The quantitative estimate of drug-likeness (QED) is 0.419. The molecule has 2 N–H and O–H groups in total. The highest BCUT2D eigenvalue weighted by molar-refractivity contribution is 5.69. The molecule has 1 saturated heterocycles. The lowest BCUT2D eigenvalue weighted by Gasteiger charge is -2.22. The standard InChI is InChI=1S/C21H35FO5/c1-3-4-5-8-14(23)11-12-15-16(24)13-18-20(15)21(22)17(27-18)9-6-7-10-19(25)26-2/h9,14-16,18,20-21,23-24H,3-8,10-13H2,1-2H3/b17-9-/t14-,15-,16+,18-,20+,21-/m0/s1. The van der Waals surface area contributed by atoms with Gasteiger partial charge in [-0.1, -0.05) is 26.2 Å². The van der Waals surface area contributed by atoms with Crippen molar-refractivity contribution in [2.75, 3.05) is 7.11 Å². The van der Waals surface area contributed by atoms with E-state index in [1.807, 2.05) is 0 Å². The van der Waals surface area contributed by atoms with Crippen molar-refractivity contribution in [3.05, 3.63) is 11.8 Å². The van der Waals surface area contributed by atoms with Crippen LogP contribution in [-0.4, -0.2) is 47.8 Å². The molecule has 0 aromatic heterocycles. The summed E-state index contributed by atoms with van der Waals surface area (Å²) in [5, 5.41) is 20.5. The summed E-state index contributed by atoms with van der Waals surface area (Å²) in [6, 6.07) is 0. The molecule has 5 nitrogen and oxygen atoms in total. The Labute approximate surface area is 161 Å². The molecule has 27 heavy (non-hydrogen) atoms. The van der Waals surface area contributed by atoms with E-state index in [-0.39, 0.29) is 30.0 Å². The molecule has 2 fully saturated rings. The number of fused-ring (bicyclic) bond motifs is 1. The lowest BCUT2D eigenvalue weighted by Crippen LogP contribution is -2.27. The van der Waals surface area contributed by atoms with E-state index in [1.165, 1.54) is 7.11 Å². The number of methoxy groups -OCH3 is 1. The summed E-state index contributed by atoms with van der Waals surface area (Å²) >= 11 is 0. The molecule has 2 aliphatic rings. The molecule has 6 atom stereocenters. The zero-order valence-electron chi connectivity index (χ0n) is 16.6. The molecule has 1 heterocycles. The molecule has 2 rings (SSSR count). The summed E-state index contributed by atoms with van der Waals surface area (Å²) in [6.07, 6.45) is 6.41. The van der Waals surface area contributed by atoms with E-state index in [4.69, 9.17) is 4.74 Å². The molecule has 156 valence electrons. The number of alkyl halides is 1. The number of rotatable bonds is 11. The molecule has 0 aromatic carbocycles. The molecule has 1 saturated carbocycles. The Morgan fingerprint density at radius 2 is 2.15 bits per heavy atom. The van der Waals surface area contributed by atoms with Crippen molar-refractivity contribution in [1.29, 1.82) is 0 Å². The van der Waals surface area contributed by atoms with Gasteiger partial charge in [0.15, 0.2) is 6.17 Å². The Morgan fingerprint density at radius 1 is 1.37 bits per heavy atom. The number of hydrogen-bond acceptors (Lipinski definition) is 5. The topological polar surface area (TPSA) is 76.0 Å². The van der Waals surface area contributed by atoms with Crippen LogP contribution in [0.4, 0.5) is 4.39 Å². The van der Waals surface area contributed by atoms with E-state index >= 15 is 0 Å². The Morgan fingerprint density at radius 3 is 2.85 bits per heavy atom. The number of allylic oxidation sites excluding steroid dienone is 2. The summed E-state index contributed by atoms with van der Waals surface area (Å²) in [4.78, 5) is 11.1. The molecular formula is C21H35FO5. The number of carbonyl (C=O) groups is 1. The molecule has 0 unspecified atom stereocenters. The highest BCUT2D eigenvalue weighted by atomic mass is 19.1. The fraction of sp³-hybridized carbons (Fsp3) is 0.857. The molecule has 6 heteroatoms. The van der Waals surface area contributed by atoms with E-state index in [0.29, 0.717) is 44.3 Å². The van der Waals surface area contributed by atoms with Gasteiger partial charge in [0.1, 0.15) is 11.9 Å². The van der Waals surface area contributed by atoms with Gasteiger partial charge >= 0.3 is 5.97 Å². The zero-order valence-corrected chi connectivity index (χ0v) is 16.6. The lowest BCUT2D eigenvalue weighted by molar-refractivity contribution is -0.140. The van der Waals surface area contributed by atoms with Crippen molar-refractivity contribution in [3.8, 4) is 0 Å². The Kier molecular flexibility index (Phi) is 9.03. The maximum Gasteiger partial charge on any atom is 0.305 e. The largest absolute Gasteiger partial charge is 0.491 e. The minimum Gasteiger partial charge on any atom is -0.491 e. The molecule has 0 bridgehead atoms. The van der Waals surface area contributed by atoms with Crippen LogP contribution in [0.2, 0.25) is 0 Å². The van der Waals surface area contributed by atoms with Crippen molar-refractivity contribution >= 4 is 5.97 Å². The molecule has 1 aliphatic carbocycles. The van der Waals surface area contributed by atoms with Crippen molar-refractivity contribution in [1.82, 2.24) is 0 Å². The average Bonchev–Trinajstić information content (AvgIpc) is 3.12. The molecule has 0 spiro atoms. The predicted octanol–water partition coefficient (Wildman–Crippen LogP) is 3.67. The molecular weight excluding hydrogens is 351 g/mol. The fourth-order valence-corrected chi connectivity index (χ4v) is 4.36. The number of ether oxygens (including phenoxy) is 2. The van der Waals surface area contributed by atoms with Crippen LogP contribution in [0.3, 0.4) is 0 Å². The second-order valence-corrected chi connectivity index (χ2v) is 7.90. The fourth-order valence-electron chi connectivity index (χ4n) is 4.36. The van der Waals surface area contributed by atoms with Crippen molar-refractivity contribution in [2.45, 2.75) is 95.6 Å². The maximum atomic E-state index is 14.9. The van der Waals surface area contributed by atoms with Crippen molar-refractivity contribution in [2.24, 2.45) is 11.8 Å². The monoisotopic (exact) mass is 386 g/mol. The minimum absolute atomic E-state index is 0.174. The molecule has 0 radical (unpaired) electrons. The predicted molar refractivity (Wildman–Crippen MR) is 101 cm³/mol. The summed E-state index contributed by atoms with van der Waals surface area (Å²) in [7, 11) is 1.35. The van der Waals surface area contributed by atoms with E-state index in [1.54, 1.807) is 6.08 Å². The molecule has 0 amide bonds. The van der Waals surface area contributed by atoms with E-state index < -0.39 is 12.3 Å². The smallest absolute Gasteiger partial charge is 0.305 e. The third-order valence-electron chi connectivity index (χ3n) is 5.92. The van der Waals surface area contributed by atoms with Crippen LogP contribution >= 0.6 is 0 Å². The van der Waals surface area contributed by atoms with Gasteiger partial charge in [0.05, 0.1) is 19.3 Å². The van der Waals surface area contributed by atoms with E-state index in [0.717, 1.165) is 25.7 Å². The van der Waals surface area contributed by atoms with E-state index in [9.17, 15) is 19.4 Å². The van der Waals surface area contributed by atoms with E-state index in [2.05, 4.69) is 11.7 Å². The zero-order chi connectivity index (χ0) is 19.8. The highest BCUT2D eigenvalue weighted by Crippen LogP contribution is 2.48. The first-order valence-corrected chi connectivity index (χ1v) is 10.4. The Hall–Kier alpha value is -1.14. The van der Waals surface area contributed by atoms with Gasteiger partial charge in [0.2, 0.25) is 0 Å². The van der Waals surface area contributed by atoms with Crippen LogP contribution in [0, 0.1) is 11.8 Å². The molecule has 1 aliphatic heterocycles. The van der Waals surface area contributed by atoms with Crippen LogP contribution in [0.25, 0.3) is 0 Å². The van der Waals surface area contributed by atoms with Gasteiger partial charge in [-0.05, 0) is 44.1 Å². The number of unbranched alkanes of at least 4 members (excludes halogenated alkanes) is 3. The minimum atomic E-state index is -1.22. The van der Waals surface area contributed by atoms with Gasteiger partial charge in [-0.15, -0.1) is 0 Å². The van der Waals surface area contributed by atoms with Crippen LogP contribution in [0.15, 0.2) is 11.8 Å². The van der Waals surface area contributed by atoms with Gasteiger partial charge < -0.3 is 19.7 Å².